The maximum absolute atomic E-state index is 11.0. The van der Waals surface area contributed by atoms with Crippen LogP contribution in [0.4, 0.5) is 4.79 Å². The molecule has 0 fully saturated rings. The third kappa shape index (κ3) is 2.56. The van der Waals surface area contributed by atoms with Crippen LogP contribution >= 0.6 is 22.9 Å². The summed E-state index contributed by atoms with van der Waals surface area (Å²) < 4.78 is 6.43. The summed E-state index contributed by atoms with van der Waals surface area (Å²) in [6.07, 6.45) is 2.64. The predicted octanol–water partition coefficient (Wildman–Crippen LogP) is 2.13. The Labute approximate surface area is 106 Å². The molecule has 2 heterocycles. The number of carbonyl (C=O) groups excluding carboxylic acids is 1. The number of fused-ring (bicyclic) bond motifs is 1. The van der Waals surface area contributed by atoms with Crippen LogP contribution in [-0.2, 0) is 4.74 Å². The van der Waals surface area contributed by atoms with E-state index in [2.05, 4.69) is 20.2 Å². The van der Waals surface area contributed by atoms with Crippen molar-refractivity contribution in [3.63, 3.8) is 0 Å². The summed E-state index contributed by atoms with van der Waals surface area (Å²) in [4.78, 5) is 15.9. The number of hydrogen-bond donors (Lipinski definition) is 1. The minimum atomic E-state index is -0.606. The van der Waals surface area contributed by atoms with Gasteiger partial charge in [0.15, 0.2) is 10.1 Å². The summed E-state index contributed by atoms with van der Waals surface area (Å²) in [5, 5.41) is 5.96. The van der Waals surface area contributed by atoms with Crippen molar-refractivity contribution in [3.05, 3.63) is 22.4 Å². The molecular weight excluding hydrogens is 264 g/mol. The van der Waals surface area contributed by atoms with Crippen LogP contribution in [0.5, 0.6) is 0 Å². The summed E-state index contributed by atoms with van der Waals surface area (Å²) in [6.45, 7) is 2.01. The van der Waals surface area contributed by atoms with Crippen LogP contribution in [-0.4, -0.2) is 28.3 Å². The average molecular weight is 273 g/mol. The lowest BCUT2D eigenvalue weighted by Crippen LogP contribution is -2.18. The third-order valence-electron chi connectivity index (χ3n) is 1.87. The average Bonchev–Trinajstić information content (AvgIpc) is 2.82. The van der Waals surface area contributed by atoms with Gasteiger partial charge in [-0.25, -0.2) is 15.2 Å². The van der Waals surface area contributed by atoms with Gasteiger partial charge in [-0.15, -0.1) is 11.3 Å². The zero-order valence-corrected chi connectivity index (χ0v) is 10.5. The molecule has 8 heteroatoms. The minimum absolute atomic E-state index is 0.295. The third-order valence-corrected chi connectivity index (χ3v) is 2.91. The molecule has 1 amide bonds. The molecule has 0 unspecified atom stereocenters. The first-order chi connectivity index (χ1) is 8.22. The Bertz CT molecular complexity index is 562. The molecule has 0 saturated carbocycles. The van der Waals surface area contributed by atoms with E-state index in [1.54, 1.807) is 11.3 Å². The first kappa shape index (κ1) is 11.9. The Morgan fingerprint density at radius 1 is 1.82 bits per heavy atom. The number of halogens is 1. The quantitative estimate of drug-likeness (QED) is 0.687. The molecule has 0 spiro atoms. The molecule has 2 rings (SSSR count). The summed E-state index contributed by atoms with van der Waals surface area (Å²) in [6, 6.07) is 0. The Hall–Kier alpha value is -1.60. The van der Waals surface area contributed by atoms with E-state index in [-0.39, 0.29) is 0 Å². The van der Waals surface area contributed by atoms with Gasteiger partial charge >= 0.3 is 6.09 Å². The van der Waals surface area contributed by atoms with Crippen molar-refractivity contribution in [1.29, 1.82) is 0 Å². The normalized spacial score (nSPS) is 11.2. The Morgan fingerprint density at radius 2 is 2.65 bits per heavy atom. The van der Waals surface area contributed by atoms with Gasteiger partial charge in [-0.3, -0.25) is 4.40 Å². The van der Waals surface area contributed by atoms with Gasteiger partial charge in [0.05, 0.1) is 12.8 Å². The molecule has 17 heavy (non-hydrogen) atoms. The molecule has 0 bridgehead atoms. The van der Waals surface area contributed by atoms with Crippen LogP contribution in [0.15, 0.2) is 16.7 Å². The topological polar surface area (TPSA) is 68.0 Å². The predicted molar refractivity (Wildman–Crippen MR) is 65.8 cm³/mol. The lowest BCUT2D eigenvalue weighted by atomic mass is 10.5. The second-order valence-corrected chi connectivity index (χ2v) is 4.16. The smallest absolute Gasteiger partial charge is 0.427 e. The van der Waals surface area contributed by atoms with Gasteiger partial charge in [0.25, 0.3) is 0 Å². The summed E-state index contributed by atoms with van der Waals surface area (Å²) in [5.74, 6) is 0. The number of rotatable bonds is 3. The zero-order chi connectivity index (χ0) is 12.3. The van der Waals surface area contributed by atoms with E-state index in [0.717, 1.165) is 4.96 Å². The number of thiazole rings is 1. The van der Waals surface area contributed by atoms with Crippen LogP contribution in [0.2, 0.25) is 5.15 Å². The Balaban J connectivity index is 2.12. The maximum Gasteiger partial charge on any atom is 0.427 e. The molecule has 0 radical (unpaired) electrons. The molecule has 0 aliphatic carbocycles. The number of aromatic nitrogens is 2. The molecule has 0 atom stereocenters. The highest BCUT2D eigenvalue weighted by Gasteiger charge is 2.08. The van der Waals surface area contributed by atoms with Gasteiger partial charge in [-0.1, -0.05) is 11.6 Å². The molecule has 2 aromatic rings. The van der Waals surface area contributed by atoms with Gasteiger partial charge in [-0.2, -0.15) is 5.10 Å². The van der Waals surface area contributed by atoms with E-state index in [4.69, 9.17) is 11.6 Å². The molecule has 90 valence electrons. The van der Waals surface area contributed by atoms with E-state index in [1.807, 2.05) is 11.6 Å². The van der Waals surface area contributed by atoms with Crippen LogP contribution in [0.3, 0.4) is 0 Å². The van der Waals surface area contributed by atoms with Gasteiger partial charge in [0.2, 0.25) is 0 Å². The zero-order valence-electron chi connectivity index (χ0n) is 8.88. The summed E-state index contributed by atoms with van der Waals surface area (Å²) >= 11 is 7.39. The minimum Gasteiger partial charge on any atom is -0.449 e. The van der Waals surface area contributed by atoms with Crippen LogP contribution in [0.1, 0.15) is 12.6 Å². The second kappa shape index (κ2) is 5.15. The van der Waals surface area contributed by atoms with Gasteiger partial charge in [-0.05, 0) is 6.92 Å². The molecule has 0 saturated heterocycles. The highest BCUT2D eigenvalue weighted by molar-refractivity contribution is 7.15. The molecule has 6 nitrogen and oxygen atoms in total. The van der Waals surface area contributed by atoms with Crippen molar-refractivity contribution in [2.45, 2.75) is 6.92 Å². The lowest BCUT2D eigenvalue weighted by molar-refractivity contribution is 0.152. The number of hydrogen-bond acceptors (Lipinski definition) is 5. The summed E-state index contributed by atoms with van der Waals surface area (Å²) in [7, 11) is 0. The molecule has 1 N–H and O–H groups in total. The van der Waals surface area contributed by atoms with Crippen molar-refractivity contribution in [2.75, 3.05) is 6.61 Å². The van der Waals surface area contributed by atoms with Crippen molar-refractivity contribution in [2.24, 2.45) is 5.10 Å². The number of hydrazone groups is 1. The Kier molecular flexibility index (Phi) is 3.60. The second-order valence-electron chi connectivity index (χ2n) is 2.93. The van der Waals surface area contributed by atoms with Crippen molar-refractivity contribution in [3.8, 4) is 0 Å². The SMILES string of the molecule is CCOC(=O)N/N=C/c1c(Cl)nc2sccn12. The number of amides is 1. The Morgan fingerprint density at radius 3 is 3.41 bits per heavy atom. The standard InChI is InChI=1S/C9H9ClN4O2S/c1-2-16-9(15)13-11-5-6-7(10)12-8-14(6)3-4-17-8/h3-5H,2H2,1H3,(H,13,15)/b11-5+. The van der Waals surface area contributed by atoms with Gasteiger partial charge in [0.1, 0.15) is 5.69 Å². The van der Waals surface area contributed by atoms with Crippen LogP contribution < -0.4 is 5.43 Å². The van der Waals surface area contributed by atoms with Crippen molar-refractivity contribution < 1.29 is 9.53 Å². The maximum atomic E-state index is 11.0. The molecule has 0 aromatic carbocycles. The largest absolute Gasteiger partial charge is 0.449 e. The van der Waals surface area contributed by atoms with E-state index in [1.165, 1.54) is 17.6 Å². The van der Waals surface area contributed by atoms with E-state index >= 15 is 0 Å². The first-order valence-corrected chi connectivity index (χ1v) is 6.05. The van der Waals surface area contributed by atoms with Gasteiger partial charge < -0.3 is 4.74 Å². The molecular formula is C9H9ClN4O2S. The van der Waals surface area contributed by atoms with Crippen molar-refractivity contribution in [1.82, 2.24) is 14.8 Å². The molecule has 0 aliphatic heterocycles. The summed E-state index contributed by atoms with van der Waals surface area (Å²) in [5.41, 5.74) is 2.83. The number of nitrogens with zero attached hydrogens (tertiary/aromatic N) is 3. The number of ether oxygens (including phenoxy) is 1. The fourth-order valence-corrected chi connectivity index (χ4v) is 2.19. The molecule has 2 aromatic heterocycles. The number of nitrogens with one attached hydrogen (secondary N) is 1. The van der Waals surface area contributed by atoms with Crippen LogP contribution in [0.25, 0.3) is 4.96 Å². The lowest BCUT2D eigenvalue weighted by Gasteiger charge is -1.98. The fourth-order valence-electron chi connectivity index (χ4n) is 1.20. The highest BCUT2D eigenvalue weighted by atomic mass is 35.5. The fraction of sp³-hybridized carbons (Fsp3) is 0.222. The van der Waals surface area contributed by atoms with E-state index in [0.29, 0.717) is 17.5 Å². The van der Waals surface area contributed by atoms with E-state index < -0.39 is 6.09 Å². The van der Waals surface area contributed by atoms with Crippen molar-refractivity contribution >= 4 is 40.2 Å². The number of carbonyl (C=O) groups is 1. The molecule has 0 aliphatic rings. The monoisotopic (exact) mass is 272 g/mol. The highest BCUT2D eigenvalue weighted by Crippen LogP contribution is 2.19. The van der Waals surface area contributed by atoms with Crippen LogP contribution in [0, 0.1) is 0 Å². The van der Waals surface area contributed by atoms with Gasteiger partial charge in [0, 0.05) is 11.6 Å². The first-order valence-electron chi connectivity index (χ1n) is 4.79. The van der Waals surface area contributed by atoms with E-state index in [9.17, 15) is 4.79 Å². The number of imidazole rings is 1.